The van der Waals surface area contributed by atoms with Crippen LogP contribution in [0.3, 0.4) is 0 Å². The molecule has 0 saturated carbocycles. The van der Waals surface area contributed by atoms with Gasteiger partial charge in [0.25, 0.3) is 0 Å². The Labute approximate surface area is 123 Å². The molecule has 0 saturated heterocycles. The Hall–Kier alpha value is -1.39. The number of nitrogens with one attached hydrogen (secondary N) is 1. The highest BCUT2D eigenvalue weighted by molar-refractivity contribution is 6.31. The van der Waals surface area contributed by atoms with Gasteiger partial charge in [0, 0.05) is 12.1 Å². The maximum atomic E-state index is 13.4. The van der Waals surface area contributed by atoms with E-state index in [1.807, 2.05) is 31.6 Å². The lowest BCUT2D eigenvalue weighted by molar-refractivity contribution is 0.506. The fourth-order valence-electron chi connectivity index (χ4n) is 2.40. The molecular weight excluding hydrogens is 277 g/mol. The molecule has 5 heteroatoms. The minimum absolute atomic E-state index is 0.0606. The molecule has 3 nitrogen and oxygen atoms in total. The number of rotatable bonds is 5. The van der Waals surface area contributed by atoms with Gasteiger partial charge in [0.2, 0.25) is 0 Å². The number of nitrogens with zero attached hydrogens (tertiary/aromatic N) is 2. The molecule has 2 aromatic rings. The highest BCUT2D eigenvalue weighted by atomic mass is 35.5. The number of aryl methyl sites for hydroxylation is 2. The summed E-state index contributed by atoms with van der Waals surface area (Å²) in [5.41, 5.74) is 2.84. The van der Waals surface area contributed by atoms with Crippen molar-refractivity contribution in [2.24, 2.45) is 7.05 Å². The zero-order valence-electron chi connectivity index (χ0n) is 12.0. The van der Waals surface area contributed by atoms with Crippen LogP contribution < -0.4 is 5.32 Å². The van der Waals surface area contributed by atoms with E-state index in [0.29, 0.717) is 11.4 Å². The van der Waals surface area contributed by atoms with Crippen molar-refractivity contribution in [1.82, 2.24) is 15.1 Å². The van der Waals surface area contributed by atoms with Crippen molar-refractivity contribution in [3.05, 3.63) is 52.1 Å². The molecule has 0 aliphatic heterocycles. The van der Waals surface area contributed by atoms with Gasteiger partial charge in [0.15, 0.2) is 0 Å². The van der Waals surface area contributed by atoms with Crippen molar-refractivity contribution in [3.8, 4) is 0 Å². The number of hydrogen-bond acceptors (Lipinski definition) is 2. The van der Waals surface area contributed by atoms with E-state index in [0.717, 1.165) is 23.5 Å². The maximum Gasteiger partial charge on any atom is 0.123 e. The van der Waals surface area contributed by atoms with Gasteiger partial charge in [-0.1, -0.05) is 18.5 Å². The topological polar surface area (TPSA) is 29.9 Å². The second kappa shape index (κ2) is 6.37. The smallest absolute Gasteiger partial charge is 0.123 e. The van der Waals surface area contributed by atoms with E-state index in [-0.39, 0.29) is 11.9 Å². The minimum atomic E-state index is -0.263. The molecular formula is C15H19ClFN3. The normalized spacial score (nSPS) is 12.7. The number of hydrogen-bond donors (Lipinski definition) is 1. The van der Waals surface area contributed by atoms with E-state index in [1.54, 1.807) is 6.07 Å². The summed E-state index contributed by atoms with van der Waals surface area (Å²) in [7, 11) is 1.92. The first kappa shape index (κ1) is 15.0. The SMILES string of the molecule is CCNC(Cc1cc(F)ccc1Cl)c1cc(C)nn1C. The lowest BCUT2D eigenvalue weighted by Gasteiger charge is -2.19. The fourth-order valence-corrected chi connectivity index (χ4v) is 2.60. The average molecular weight is 296 g/mol. The molecule has 0 aliphatic carbocycles. The van der Waals surface area contributed by atoms with Gasteiger partial charge in [-0.15, -0.1) is 0 Å². The van der Waals surface area contributed by atoms with Crippen LogP contribution in [0, 0.1) is 12.7 Å². The minimum Gasteiger partial charge on any atom is -0.309 e. The molecule has 0 radical (unpaired) electrons. The molecule has 0 amide bonds. The molecule has 0 fully saturated rings. The van der Waals surface area contributed by atoms with Crippen LogP contribution in [0.4, 0.5) is 4.39 Å². The Morgan fingerprint density at radius 2 is 2.15 bits per heavy atom. The Bertz CT molecular complexity index is 595. The first-order valence-corrected chi connectivity index (χ1v) is 7.07. The Morgan fingerprint density at radius 3 is 2.75 bits per heavy atom. The molecule has 2 rings (SSSR count). The van der Waals surface area contributed by atoms with E-state index >= 15 is 0 Å². The van der Waals surface area contributed by atoms with E-state index in [9.17, 15) is 4.39 Å². The van der Waals surface area contributed by atoms with Crippen molar-refractivity contribution >= 4 is 11.6 Å². The van der Waals surface area contributed by atoms with Crippen LogP contribution in [0.5, 0.6) is 0 Å². The monoisotopic (exact) mass is 295 g/mol. The summed E-state index contributed by atoms with van der Waals surface area (Å²) in [6, 6.07) is 6.58. The fraction of sp³-hybridized carbons (Fsp3) is 0.400. The van der Waals surface area contributed by atoms with E-state index in [2.05, 4.69) is 10.4 Å². The van der Waals surface area contributed by atoms with Gasteiger partial charge >= 0.3 is 0 Å². The van der Waals surface area contributed by atoms with Crippen molar-refractivity contribution in [2.45, 2.75) is 26.3 Å². The van der Waals surface area contributed by atoms with Gasteiger partial charge in [-0.25, -0.2) is 4.39 Å². The van der Waals surface area contributed by atoms with Gasteiger partial charge in [0.05, 0.1) is 17.4 Å². The molecule has 1 atom stereocenters. The summed E-state index contributed by atoms with van der Waals surface area (Å²) in [5.74, 6) is -0.263. The predicted molar refractivity (Wildman–Crippen MR) is 79.5 cm³/mol. The summed E-state index contributed by atoms with van der Waals surface area (Å²) in [5, 5.41) is 8.36. The van der Waals surface area contributed by atoms with Crippen LogP contribution in [0.2, 0.25) is 5.02 Å². The van der Waals surface area contributed by atoms with E-state index in [1.165, 1.54) is 12.1 Å². The van der Waals surface area contributed by atoms with Crippen LogP contribution in [-0.2, 0) is 13.5 Å². The molecule has 1 aromatic heterocycles. The zero-order chi connectivity index (χ0) is 14.7. The quantitative estimate of drug-likeness (QED) is 0.916. The van der Waals surface area contributed by atoms with Crippen molar-refractivity contribution < 1.29 is 4.39 Å². The van der Waals surface area contributed by atoms with Gasteiger partial charge in [0.1, 0.15) is 5.82 Å². The average Bonchev–Trinajstić information content (AvgIpc) is 2.72. The summed E-state index contributed by atoms with van der Waals surface area (Å²) in [6.45, 7) is 4.83. The van der Waals surface area contributed by atoms with E-state index < -0.39 is 0 Å². The van der Waals surface area contributed by atoms with Gasteiger partial charge in [-0.05, 0) is 49.7 Å². The lowest BCUT2D eigenvalue weighted by atomic mass is 10.0. The Morgan fingerprint density at radius 1 is 1.40 bits per heavy atom. The summed E-state index contributed by atoms with van der Waals surface area (Å²) in [6.07, 6.45) is 0.628. The number of benzene rings is 1. The van der Waals surface area contributed by atoms with Gasteiger partial charge in [-0.3, -0.25) is 4.68 Å². The largest absolute Gasteiger partial charge is 0.309 e. The maximum absolute atomic E-state index is 13.4. The van der Waals surface area contributed by atoms with Crippen LogP contribution >= 0.6 is 11.6 Å². The Balaban J connectivity index is 2.30. The molecule has 1 heterocycles. The highest BCUT2D eigenvalue weighted by Gasteiger charge is 2.17. The van der Waals surface area contributed by atoms with E-state index in [4.69, 9.17) is 11.6 Å². The number of likely N-dealkylation sites (N-methyl/N-ethyl adjacent to an activating group) is 1. The van der Waals surface area contributed by atoms with Crippen molar-refractivity contribution in [3.63, 3.8) is 0 Å². The summed E-state index contributed by atoms with van der Waals surface area (Å²) < 4.78 is 15.2. The van der Waals surface area contributed by atoms with Gasteiger partial charge in [-0.2, -0.15) is 5.10 Å². The molecule has 108 valence electrons. The molecule has 0 aliphatic rings. The standard InChI is InChI=1S/C15H19ClFN3/c1-4-18-14(15-7-10(2)19-20(15)3)9-11-8-12(17)5-6-13(11)16/h5-8,14,18H,4,9H2,1-3H3. The van der Waals surface area contributed by atoms with Crippen LogP contribution in [0.1, 0.15) is 29.9 Å². The third-order valence-corrected chi connectivity index (χ3v) is 3.65. The van der Waals surface area contributed by atoms with Crippen LogP contribution in [0.25, 0.3) is 0 Å². The Kier molecular flexibility index (Phi) is 4.78. The molecule has 1 N–H and O–H groups in total. The predicted octanol–water partition coefficient (Wildman–Crippen LogP) is 3.41. The number of aromatic nitrogens is 2. The first-order valence-electron chi connectivity index (χ1n) is 6.69. The zero-order valence-corrected chi connectivity index (χ0v) is 12.7. The third kappa shape index (κ3) is 3.38. The van der Waals surface area contributed by atoms with Crippen molar-refractivity contribution in [2.75, 3.05) is 6.54 Å². The summed E-state index contributed by atoms with van der Waals surface area (Å²) >= 11 is 6.16. The molecule has 0 bridgehead atoms. The second-order valence-electron chi connectivity index (χ2n) is 4.88. The van der Waals surface area contributed by atoms with Crippen LogP contribution in [0.15, 0.2) is 24.3 Å². The van der Waals surface area contributed by atoms with Crippen molar-refractivity contribution in [1.29, 1.82) is 0 Å². The number of halogens is 2. The summed E-state index contributed by atoms with van der Waals surface area (Å²) in [4.78, 5) is 0. The third-order valence-electron chi connectivity index (χ3n) is 3.28. The highest BCUT2D eigenvalue weighted by Crippen LogP contribution is 2.24. The lowest BCUT2D eigenvalue weighted by Crippen LogP contribution is -2.25. The van der Waals surface area contributed by atoms with Crippen LogP contribution in [-0.4, -0.2) is 16.3 Å². The second-order valence-corrected chi connectivity index (χ2v) is 5.29. The van der Waals surface area contributed by atoms with Gasteiger partial charge < -0.3 is 5.32 Å². The molecule has 20 heavy (non-hydrogen) atoms. The molecule has 1 unspecified atom stereocenters. The molecule has 1 aromatic carbocycles. The first-order chi connectivity index (χ1) is 9.51. The molecule has 0 spiro atoms.